The Balaban J connectivity index is 1.66. The first-order valence-corrected chi connectivity index (χ1v) is 8.91. The van der Waals surface area contributed by atoms with E-state index in [1.165, 1.54) is 6.92 Å². The van der Waals surface area contributed by atoms with Gasteiger partial charge in [0.1, 0.15) is 0 Å². The zero-order valence-corrected chi connectivity index (χ0v) is 15.4. The van der Waals surface area contributed by atoms with Gasteiger partial charge in [-0.2, -0.15) is 0 Å². The van der Waals surface area contributed by atoms with Gasteiger partial charge in [-0.25, -0.2) is 0 Å². The Hall–Kier alpha value is -1.79. The molecule has 2 saturated heterocycles. The van der Waals surface area contributed by atoms with Gasteiger partial charge < -0.3 is 14.7 Å². The zero-order chi connectivity index (χ0) is 18.1. The Morgan fingerprint density at radius 3 is 2.12 bits per heavy atom. The number of hydrogen-bond acceptors (Lipinski definition) is 3. The highest BCUT2D eigenvalue weighted by atomic mass is 35.5. The molecule has 0 aliphatic carbocycles. The maximum Gasteiger partial charge on any atom is 0.228 e. The SMILES string of the molecule is CC(=O)N1CCN(C(=O)C2CC(=O)N(c3cc(Cl)cc(Cl)c3)C2)CC1. The summed E-state index contributed by atoms with van der Waals surface area (Å²) in [6.07, 6.45) is 0.176. The topological polar surface area (TPSA) is 60.9 Å². The lowest BCUT2D eigenvalue weighted by Gasteiger charge is -2.35. The van der Waals surface area contributed by atoms with E-state index in [2.05, 4.69) is 0 Å². The number of halogens is 2. The number of piperazine rings is 1. The third kappa shape index (κ3) is 3.90. The minimum atomic E-state index is -0.380. The van der Waals surface area contributed by atoms with Gasteiger partial charge >= 0.3 is 0 Å². The predicted molar refractivity (Wildman–Crippen MR) is 95.8 cm³/mol. The maximum absolute atomic E-state index is 12.7. The van der Waals surface area contributed by atoms with E-state index in [1.54, 1.807) is 32.9 Å². The summed E-state index contributed by atoms with van der Waals surface area (Å²) in [6.45, 7) is 3.94. The first-order chi connectivity index (χ1) is 11.8. The molecule has 0 N–H and O–H groups in total. The molecule has 3 amide bonds. The van der Waals surface area contributed by atoms with Crippen molar-refractivity contribution in [3.63, 3.8) is 0 Å². The number of carbonyl (C=O) groups is 3. The second-order valence-corrected chi connectivity index (χ2v) is 7.24. The van der Waals surface area contributed by atoms with Gasteiger partial charge in [0.15, 0.2) is 0 Å². The summed E-state index contributed by atoms with van der Waals surface area (Å²) in [5.41, 5.74) is 0.610. The smallest absolute Gasteiger partial charge is 0.228 e. The summed E-state index contributed by atoms with van der Waals surface area (Å²) in [6, 6.07) is 4.94. The standard InChI is InChI=1S/C17H19Cl2N3O3/c1-11(23)20-2-4-21(5-3-20)17(25)12-6-16(24)22(10-12)15-8-13(18)7-14(19)9-15/h7-9,12H,2-6,10H2,1H3. The molecule has 2 aliphatic rings. The lowest BCUT2D eigenvalue weighted by atomic mass is 10.1. The second kappa shape index (κ2) is 7.22. The summed E-state index contributed by atoms with van der Waals surface area (Å²) < 4.78 is 0. The molecule has 134 valence electrons. The quantitative estimate of drug-likeness (QED) is 0.784. The minimum absolute atomic E-state index is 0.0205. The van der Waals surface area contributed by atoms with Gasteiger partial charge in [-0.15, -0.1) is 0 Å². The van der Waals surface area contributed by atoms with Gasteiger partial charge in [0, 0.05) is 61.8 Å². The largest absolute Gasteiger partial charge is 0.339 e. The Bertz CT molecular complexity index is 697. The molecule has 6 nitrogen and oxygen atoms in total. The second-order valence-electron chi connectivity index (χ2n) is 6.36. The lowest BCUT2D eigenvalue weighted by molar-refractivity contribution is -0.141. The summed E-state index contributed by atoms with van der Waals surface area (Å²) in [4.78, 5) is 41.5. The number of hydrogen-bond donors (Lipinski definition) is 0. The van der Waals surface area contributed by atoms with Crippen molar-refractivity contribution in [1.82, 2.24) is 9.80 Å². The fraction of sp³-hybridized carbons (Fsp3) is 0.471. The van der Waals surface area contributed by atoms with Crippen molar-refractivity contribution >= 4 is 46.6 Å². The predicted octanol–water partition coefficient (Wildman–Crippen LogP) is 2.04. The number of benzene rings is 1. The van der Waals surface area contributed by atoms with Crippen LogP contribution in [0.2, 0.25) is 10.0 Å². The van der Waals surface area contributed by atoms with Crippen molar-refractivity contribution in [2.75, 3.05) is 37.6 Å². The number of rotatable bonds is 2. The van der Waals surface area contributed by atoms with Crippen molar-refractivity contribution in [1.29, 1.82) is 0 Å². The average Bonchev–Trinajstić information content (AvgIpc) is 2.95. The van der Waals surface area contributed by atoms with Crippen LogP contribution in [0.25, 0.3) is 0 Å². The van der Waals surface area contributed by atoms with Crippen molar-refractivity contribution in [2.45, 2.75) is 13.3 Å². The van der Waals surface area contributed by atoms with E-state index in [9.17, 15) is 14.4 Å². The molecule has 2 aliphatic heterocycles. The van der Waals surface area contributed by atoms with Crippen LogP contribution in [0.4, 0.5) is 5.69 Å². The van der Waals surface area contributed by atoms with Crippen molar-refractivity contribution in [3.05, 3.63) is 28.2 Å². The van der Waals surface area contributed by atoms with E-state index in [4.69, 9.17) is 23.2 Å². The van der Waals surface area contributed by atoms with Crippen LogP contribution < -0.4 is 4.90 Å². The van der Waals surface area contributed by atoms with Gasteiger partial charge in [-0.3, -0.25) is 14.4 Å². The van der Waals surface area contributed by atoms with E-state index in [-0.39, 0.29) is 30.1 Å². The molecule has 1 aromatic carbocycles. The molecule has 1 aromatic rings. The average molecular weight is 384 g/mol. The summed E-state index contributed by atoms with van der Waals surface area (Å²) in [5, 5.41) is 0.899. The van der Waals surface area contributed by atoms with Gasteiger partial charge in [0.2, 0.25) is 17.7 Å². The van der Waals surface area contributed by atoms with Gasteiger partial charge in [0.25, 0.3) is 0 Å². The number of carbonyl (C=O) groups excluding carboxylic acids is 3. The van der Waals surface area contributed by atoms with Crippen LogP contribution in [0, 0.1) is 5.92 Å². The molecular weight excluding hydrogens is 365 g/mol. The Morgan fingerprint density at radius 1 is 1.00 bits per heavy atom. The summed E-state index contributed by atoms with van der Waals surface area (Å²) >= 11 is 12.0. The highest BCUT2D eigenvalue weighted by Gasteiger charge is 2.38. The molecule has 0 aromatic heterocycles. The highest BCUT2D eigenvalue weighted by molar-refractivity contribution is 6.35. The molecule has 3 rings (SSSR count). The van der Waals surface area contributed by atoms with Crippen LogP contribution in [-0.4, -0.2) is 60.2 Å². The Labute approximate surface area is 156 Å². The normalized spacial score (nSPS) is 21.0. The van der Waals surface area contributed by atoms with E-state index in [0.717, 1.165) is 0 Å². The summed E-state index contributed by atoms with van der Waals surface area (Å²) in [7, 11) is 0. The molecule has 8 heteroatoms. The molecule has 2 heterocycles. The van der Waals surface area contributed by atoms with Gasteiger partial charge in [0.05, 0.1) is 5.92 Å². The van der Waals surface area contributed by atoms with Crippen molar-refractivity contribution in [2.24, 2.45) is 5.92 Å². The molecule has 1 atom stereocenters. The van der Waals surface area contributed by atoms with Crippen molar-refractivity contribution < 1.29 is 14.4 Å². The third-order valence-electron chi connectivity index (χ3n) is 4.67. The minimum Gasteiger partial charge on any atom is -0.339 e. The molecule has 1 unspecified atom stereocenters. The highest BCUT2D eigenvalue weighted by Crippen LogP contribution is 2.31. The van der Waals surface area contributed by atoms with E-state index in [0.29, 0.717) is 48.5 Å². The number of amides is 3. The first-order valence-electron chi connectivity index (χ1n) is 8.16. The Morgan fingerprint density at radius 2 is 1.56 bits per heavy atom. The monoisotopic (exact) mass is 383 g/mol. The molecule has 0 saturated carbocycles. The molecule has 0 bridgehead atoms. The van der Waals surface area contributed by atoms with E-state index < -0.39 is 0 Å². The van der Waals surface area contributed by atoms with Crippen LogP contribution in [0.3, 0.4) is 0 Å². The molecule has 25 heavy (non-hydrogen) atoms. The van der Waals surface area contributed by atoms with Crippen LogP contribution in [0.5, 0.6) is 0 Å². The lowest BCUT2D eigenvalue weighted by Crippen LogP contribution is -2.51. The number of anilines is 1. The van der Waals surface area contributed by atoms with Crippen LogP contribution in [0.1, 0.15) is 13.3 Å². The van der Waals surface area contributed by atoms with Crippen molar-refractivity contribution in [3.8, 4) is 0 Å². The number of nitrogens with zero attached hydrogens (tertiary/aromatic N) is 3. The fourth-order valence-electron chi connectivity index (χ4n) is 3.32. The maximum atomic E-state index is 12.7. The summed E-state index contributed by atoms with van der Waals surface area (Å²) in [5.74, 6) is -0.507. The van der Waals surface area contributed by atoms with E-state index in [1.807, 2.05) is 0 Å². The molecule has 2 fully saturated rings. The third-order valence-corrected chi connectivity index (χ3v) is 5.11. The van der Waals surface area contributed by atoms with Crippen LogP contribution in [-0.2, 0) is 14.4 Å². The molecule has 0 radical (unpaired) electrons. The van der Waals surface area contributed by atoms with Crippen LogP contribution in [0.15, 0.2) is 18.2 Å². The van der Waals surface area contributed by atoms with Gasteiger partial charge in [-0.05, 0) is 18.2 Å². The zero-order valence-electron chi connectivity index (χ0n) is 13.9. The fourth-order valence-corrected chi connectivity index (χ4v) is 3.83. The Kier molecular flexibility index (Phi) is 5.20. The van der Waals surface area contributed by atoms with Gasteiger partial charge in [-0.1, -0.05) is 23.2 Å². The molecule has 0 spiro atoms. The molecular formula is C17H19Cl2N3O3. The van der Waals surface area contributed by atoms with Crippen LogP contribution >= 0.6 is 23.2 Å². The van der Waals surface area contributed by atoms with E-state index >= 15 is 0 Å². The first kappa shape index (κ1) is 18.0.